The Morgan fingerprint density at radius 3 is 1.16 bits per heavy atom. The van der Waals surface area contributed by atoms with Gasteiger partial charge in [-0.2, -0.15) is 0 Å². The number of rotatable bonds is 51. The van der Waals surface area contributed by atoms with Gasteiger partial charge in [0.25, 0.3) is 0 Å². The summed E-state index contributed by atoms with van der Waals surface area (Å²) in [5.74, 6) is -0.461. The molecule has 1 amide bonds. The Morgan fingerprint density at radius 1 is 0.452 bits per heavy atom. The molecule has 0 spiro atoms. The molecule has 0 fully saturated rings. The van der Waals surface area contributed by atoms with E-state index in [9.17, 15) is 19.8 Å². The van der Waals surface area contributed by atoms with Crippen LogP contribution in [0.3, 0.4) is 0 Å². The zero-order valence-electron chi connectivity index (χ0n) is 42.0. The van der Waals surface area contributed by atoms with Crippen molar-refractivity contribution >= 4 is 11.9 Å². The number of aliphatic hydroxyl groups excluding tert-OH is 2. The highest BCUT2D eigenvalue weighted by molar-refractivity contribution is 5.77. The molecule has 3 N–H and O–H groups in total. The number of nitrogens with one attached hydrogen (secondary N) is 1. The first-order valence-corrected chi connectivity index (χ1v) is 27.9. The van der Waals surface area contributed by atoms with Gasteiger partial charge >= 0.3 is 5.97 Å². The van der Waals surface area contributed by atoms with E-state index in [0.717, 1.165) is 57.8 Å². The third-order valence-electron chi connectivity index (χ3n) is 13.1. The minimum absolute atomic E-state index is 0.0792. The molecule has 0 rings (SSSR count). The van der Waals surface area contributed by atoms with E-state index >= 15 is 0 Å². The zero-order chi connectivity index (χ0) is 45.2. The lowest BCUT2D eigenvalue weighted by Gasteiger charge is -2.24. The molecule has 6 heteroatoms. The number of unbranched alkanes of at least 4 members (excludes halogenated alkanes) is 37. The second-order valence-corrected chi connectivity index (χ2v) is 19.3. The molecule has 0 aromatic heterocycles. The van der Waals surface area contributed by atoms with Crippen LogP contribution in [-0.2, 0) is 14.3 Å². The van der Waals surface area contributed by atoms with Crippen molar-refractivity contribution in [3.8, 4) is 0 Å². The van der Waals surface area contributed by atoms with Crippen LogP contribution in [0.1, 0.15) is 310 Å². The summed E-state index contributed by atoms with van der Waals surface area (Å²) in [6.07, 6.45) is 57.0. The lowest BCUT2D eigenvalue weighted by atomic mass is 10.0. The molecule has 0 heterocycles. The average Bonchev–Trinajstić information content (AvgIpc) is 3.26. The van der Waals surface area contributed by atoms with E-state index in [1.807, 2.05) is 0 Å². The van der Waals surface area contributed by atoms with E-state index in [4.69, 9.17) is 4.74 Å². The van der Waals surface area contributed by atoms with Crippen molar-refractivity contribution < 1.29 is 24.5 Å². The van der Waals surface area contributed by atoms with Gasteiger partial charge in [-0.3, -0.25) is 9.59 Å². The molecule has 3 atom stereocenters. The molecule has 3 unspecified atom stereocenters. The second-order valence-electron chi connectivity index (χ2n) is 19.3. The Balaban J connectivity index is 4.50. The maximum Gasteiger partial charge on any atom is 0.306 e. The molecular formula is C56H109NO5. The molecule has 0 aliphatic rings. The van der Waals surface area contributed by atoms with Crippen LogP contribution in [0.5, 0.6) is 0 Å². The van der Waals surface area contributed by atoms with Crippen LogP contribution < -0.4 is 5.32 Å². The summed E-state index contributed by atoms with van der Waals surface area (Å²) in [7, 11) is 0. The van der Waals surface area contributed by atoms with E-state index in [1.54, 1.807) is 0 Å². The average molecular weight is 876 g/mol. The number of carbonyl (C=O) groups excluding carboxylic acids is 2. The smallest absolute Gasteiger partial charge is 0.306 e. The zero-order valence-corrected chi connectivity index (χ0v) is 42.0. The molecule has 62 heavy (non-hydrogen) atoms. The molecule has 0 radical (unpaired) electrons. The molecular weight excluding hydrogens is 767 g/mol. The van der Waals surface area contributed by atoms with Crippen LogP contribution in [0.4, 0.5) is 0 Å². The Labute approximate surface area is 387 Å². The van der Waals surface area contributed by atoms with Crippen LogP contribution >= 0.6 is 0 Å². The standard InChI is InChI=1S/C56H109NO5/c1-4-7-10-13-16-19-22-25-27-30-33-36-39-42-45-48-54(59)53(51-58)57-55(60)50-52(47-44-41-38-35-32-29-24-21-18-15-12-9-6-3)62-56(61)49-46-43-40-37-34-31-28-26-23-20-17-14-11-8-5-2/h21,24,52-54,58-59H,4-20,22-23,25-51H2,1-3H3,(H,57,60)/b24-21-. The van der Waals surface area contributed by atoms with Crippen molar-refractivity contribution in [1.29, 1.82) is 0 Å². The highest BCUT2D eigenvalue weighted by Gasteiger charge is 2.24. The van der Waals surface area contributed by atoms with Gasteiger partial charge in [-0.25, -0.2) is 0 Å². The fourth-order valence-corrected chi connectivity index (χ4v) is 8.84. The number of hydrogen-bond acceptors (Lipinski definition) is 5. The van der Waals surface area contributed by atoms with Crippen molar-refractivity contribution in [1.82, 2.24) is 5.32 Å². The van der Waals surface area contributed by atoms with E-state index in [2.05, 4.69) is 38.2 Å². The third-order valence-corrected chi connectivity index (χ3v) is 13.1. The number of hydrogen-bond donors (Lipinski definition) is 3. The Morgan fingerprint density at radius 2 is 0.774 bits per heavy atom. The van der Waals surface area contributed by atoms with Gasteiger partial charge in [-0.15, -0.1) is 0 Å². The first-order valence-electron chi connectivity index (χ1n) is 27.9. The molecule has 0 aromatic carbocycles. The van der Waals surface area contributed by atoms with Gasteiger partial charge in [0.15, 0.2) is 0 Å². The van der Waals surface area contributed by atoms with Crippen LogP contribution in [0.25, 0.3) is 0 Å². The second kappa shape index (κ2) is 50.6. The maximum absolute atomic E-state index is 13.2. The quantitative estimate of drug-likeness (QED) is 0.0321. The number of carbonyl (C=O) groups is 2. The summed E-state index contributed by atoms with van der Waals surface area (Å²) in [6, 6.07) is -0.698. The largest absolute Gasteiger partial charge is 0.462 e. The molecule has 0 saturated heterocycles. The highest BCUT2D eigenvalue weighted by atomic mass is 16.5. The highest BCUT2D eigenvalue weighted by Crippen LogP contribution is 2.19. The van der Waals surface area contributed by atoms with Gasteiger partial charge in [0.2, 0.25) is 5.91 Å². The van der Waals surface area contributed by atoms with Crippen LogP contribution in [-0.4, -0.2) is 46.9 Å². The van der Waals surface area contributed by atoms with Crippen LogP contribution in [0.15, 0.2) is 12.2 Å². The SMILES string of the molecule is CCCCCC/C=C\CCCCCCCC(CC(=O)NC(CO)C(O)CCCCCCCCCCCCCCCCC)OC(=O)CCCCCCCCCCCCCCCCC. The molecule has 0 bridgehead atoms. The third kappa shape index (κ3) is 45.2. The monoisotopic (exact) mass is 876 g/mol. The normalized spacial score (nSPS) is 13.2. The topological polar surface area (TPSA) is 95.9 Å². The summed E-state index contributed by atoms with van der Waals surface area (Å²) in [5, 5.41) is 23.8. The predicted molar refractivity (Wildman–Crippen MR) is 269 cm³/mol. The number of amides is 1. The van der Waals surface area contributed by atoms with Crippen LogP contribution in [0.2, 0.25) is 0 Å². The predicted octanol–water partition coefficient (Wildman–Crippen LogP) is 16.9. The van der Waals surface area contributed by atoms with E-state index in [0.29, 0.717) is 19.3 Å². The number of ether oxygens (including phenoxy) is 1. The first-order chi connectivity index (χ1) is 30.5. The van der Waals surface area contributed by atoms with E-state index in [1.165, 1.54) is 205 Å². The van der Waals surface area contributed by atoms with Gasteiger partial charge in [0.1, 0.15) is 6.10 Å². The summed E-state index contributed by atoms with van der Waals surface area (Å²) in [6.45, 7) is 6.51. The molecule has 368 valence electrons. The number of esters is 1. The summed E-state index contributed by atoms with van der Waals surface area (Å²) < 4.78 is 5.95. The summed E-state index contributed by atoms with van der Waals surface area (Å²) >= 11 is 0. The van der Waals surface area contributed by atoms with Gasteiger partial charge in [0, 0.05) is 6.42 Å². The van der Waals surface area contributed by atoms with Crippen molar-refractivity contribution in [2.75, 3.05) is 6.61 Å². The molecule has 0 aliphatic heterocycles. The molecule has 0 aliphatic carbocycles. The minimum Gasteiger partial charge on any atom is -0.462 e. The Bertz CT molecular complexity index is 939. The van der Waals surface area contributed by atoms with Crippen molar-refractivity contribution in [3.63, 3.8) is 0 Å². The molecule has 0 saturated carbocycles. The number of allylic oxidation sites excluding steroid dienone is 2. The molecule has 0 aromatic rings. The van der Waals surface area contributed by atoms with E-state index in [-0.39, 0.29) is 24.9 Å². The lowest BCUT2D eigenvalue weighted by Crippen LogP contribution is -2.46. The van der Waals surface area contributed by atoms with E-state index < -0.39 is 18.2 Å². The maximum atomic E-state index is 13.2. The van der Waals surface area contributed by atoms with Gasteiger partial charge in [0.05, 0.1) is 25.2 Å². The number of aliphatic hydroxyl groups is 2. The molecule has 6 nitrogen and oxygen atoms in total. The Hall–Kier alpha value is -1.40. The fraction of sp³-hybridized carbons (Fsp3) is 0.929. The van der Waals surface area contributed by atoms with Crippen molar-refractivity contribution in [2.24, 2.45) is 0 Å². The Kier molecular flexibility index (Phi) is 49.5. The summed E-state index contributed by atoms with van der Waals surface area (Å²) in [5.41, 5.74) is 0. The first kappa shape index (κ1) is 60.6. The fourth-order valence-electron chi connectivity index (χ4n) is 8.84. The van der Waals surface area contributed by atoms with Gasteiger partial charge in [-0.1, -0.05) is 258 Å². The van der Waals surface area contributed by atoms with Crippen molar-refractivity contribution in [2.45, 2.75) is 328 Å². The van der Waals surface area contributed by atoms with Gasteiger partial charge in [-0.05, 0) is 51.4 Å². The van der Waals surface area contributed by atoms with Crippen molar-refractivity contribution in [3.05, 3.63) is 12.2 Å². The van der Waals surface area contributed by atoms with Gasteiger partial charge < -0.3 is 20.3 Å². The summed E-state index contributed by atoms with van der Waals surface area (Å²) in [4.78, 5) is 26.2. The van der Waals surface area contributed by atoms with Crippen LogP contribution in [0, 0.1) is 0 Å². The minimum atomic E-state index is -0.784. The lowest BCUT2D eigenvalue weighted by molar-refractivity contribution is -0.151.